The molecule has 2 heterocycles. The second-order valence-electron chi connectivity index (χ2n) is 9.32. The molecule has 0 radical (unpaired) electrons. The quantitative estimate of drug-likeness (QED) is 0.278. The fourth-order valence-corrected chi connectivity index (χ4v) is 4.97. The summed E-state index contributed by atoms with van der Waals surface area (Å²) in [4.78, 5) is 17.5. The van der Waals surface area contributed by atoms with Gasteiger partial charge in [-0.3, -0.25) is 4.79 Å². The second kappa shape index (κ2) is 10.5. The molecule has 0 unspecified atom stereocenters. The van der Waals surface area contributed by atoms with E-state index in [1.54, 1.807) is 24.5 Å². The van der Waals surface area contributed by atoms with Crippen LogP contribution in [0, 0.1) is 12.7 Å². The minimum absolute atomic E-state index is 0.00337. The average Bonchev–Trinajstić information content (AvgIpc) is 3.35. The summed E-state index contributed by atoms with van der Waals surface area (Å²) in [6.07, 6.45) is 3.40. The predicted octanol–water partition coefficient (Wildman–Crippen LogP) is 6.70. The van der Waals surface area contributed by atoms with Gasteiger partial charge in [0.1, 0.15) is 17.1 Å². The van der Waals surface area contributed by atoms with Gasteiger partial charge in [0.2, 0.25) is 5.91 Å². The van der Waals surface area contributed by atoms with Gasteiger partial charge < -0.3 is 19.0 Å². The van der Waals surface area contributed by atoms with Crippen LogP contribution in [0.4, 0.5) is 10.1 Å². The van der Waals surface area contributed by atoms with Gasteiger partial charge in [-0.15, -0.1) is 0 Å². The number of rotatable bonds is 6. The molecular formula is C31H31FN2O3. The minimum atomic E-state index is -0.283. The maximum absolute atomic E-state index is 13.5. The van der Waals surface area contributed by atoms with Crippen LogP contribution in [0.5, 0.6) is 5.75 Å². The summed E-state index contributed by atoms with van der Waals surface area (Å²) in [5.41, 5.74) is 6.20. The number of amides is 1. The molecule has 0 N–H and O–H groups in total. The fourth-order valence-electron chi connectivity index (χ4n) is 4.97. The van der Waals surface area contributed by atoms with E-state index in [2.05, 4.69) is 17.0 Å². The first-order valence-corrected chi connectivity index (χ1v) is 12.7. The van der Waals surface area contributed by atoms with Crippen molar-refractivity contribution < 1.29 is 18.3 Å². The van der Waals surface area contributed by atoms with Crippen LogP contribution in [0.2, 0.25) is 0 Å². The predicted molar refractivity (Wildman–Crippen MR) is 146 cm³/mol. The third kappa shape index (κ3) is 4.96. The molecule has 6 heteroatoms. The standard InChI is InChI=1S/C31H31FN2O3/c1-4-36-30-22(3)31-27(28(20-37-31)23-10-12-24(32)13-11-23)19-26(30)21(2)18-29(35)34-16-14-33(15-17-34)25-8-6-5-7-9-25/h5-13,18-20H,4,14-17H2,1-3H3/b21-18+. The van der Waals surface area contributed by atoms with Crippen LogP contribution in [-0.4, -0.2) is 43.6 Å². The van der Waals surface area contributed by atoms with Crippen molar-refractivity contribution in [2.45, 2.75) is 20.8 Å². The number of carbonyl (C=O) groups is 1. The highest BCUT2D eigenvalue weighted by Crippen LogP contribution is 2.40. The molecule has 1 saturated heterocycles. The SMILES string of the molecule is CCOc1c(/C(C)=C/C(=O)N2CCN(c3ccccc3)CC2)cc2c(-c3ccc(F)cc3)coc2c1C. The lowest BCUT2D eigenvalue weighted by Crippen LogP contribution is -2.48. The van der Waals surface area contributed by atoms with Crippen molar-refractivity contribution in [3.63, 3.8) is 0 Å². The monoisotopic (exact) mass is 498 g/mol. The number of para-hydroxylation sites is 1. The van der Waals surface area contributed by atoms with Crippen LogP contribution >= 0.6 is 0 Å². The summed E-state index contributed by atoms with van der Waals surface area (Å²) in [5, 5.41) is 0.902. The number of nitrogens with zero attached hydrogens (tertiary/aromatic N) is 2. The van der Waals surface area contributed by atoms with Crippen LogP contribution in [0.25, 0.3) is 27.7 Å². The molecule has 0 aliphatic carbocycles. The van der Waals surface area contributed by atoms with E-state index in [4.69, 9.17) is 9.15 Å². The van der Waals surface area contributed by atoms with Gasteiger partial charge in [0.25, 0.3) is 0 Å². The normalized spacial score (nSPS) is 14.3. The number of halogens is 1. The Morgan fingerprint density at radius 1 is 1.05 bits per heavy atom. The van der Waals surface area contributed by atoms with E-state index in [1.807, 2.05) is 49.9 Å². The molecule has 4 aromatic rings. The summed E-state index contributed by atoms with van der Waals surface area (Å²) in [6.45, 7) is 9.28. The molecule has 0 atom stereocenters. The van der Waals surface area contributed by atoms with Crippen molar-refractivity contribution >= 4 is 28.1 Å². The fraction of sp³-hybridized carbons (Fsp3) is 0.258. The highest BCUT2D eigenvalue weighted by Gasteiger charge is 2.22. The molecule has 3 aromatic carbocycles. The number of piperazine rings is 1. The molecule has 1 fully saturated rings. The summed E-state index contributed by atoms with van der Waals surface area (Å²) in [6, 6.07) is 18.7. The number of allylic oxidation sites excluding steroid dienone is 1. The molecule has 0 saturated carbocycles. The first-order valence-electron chi connectivity index (χ1n) is 12.7. The smallest absolute Gasteiger partial charge is 0.246 e. The number of fused-ring (bicyclic) bond motifs is 1. The highest BCUT2D eigenvalue weighted by molar-refractivity contribution is 6.01. The van der Waals surface area contributed by atoms with E-state index in [1.165, 1.54) is 17.8 Å². The first-order chi connectivity index (χ1) is 18.0. The van der Waals surface area contributed by atoms with Gasteiger partial charge in [-0.1, -0.05) is 30.3 Å². The average molecular weight is 499 g/mol. The molecule has 190 valence electrons. The molecule has 5 rings (SSSR count). The van der Waals surface area contributed by atoms with E-state index < -0.39 is 0 Å². The lowest BCUT2D eigenvalue weighted by molar-refractivity contribution is -0.126. The molecule has 0 spiro atoms. The number of benzene rings is 3. The van der Waals surface area contributed by atoms with Gasteiger partial charge in [-0.25, -0.2) is 4.39 Å². The zero-order valence-corrected chi connectivity index (χ0v) is 21.5. The van der Waals surface area contributed by atoms with E-state index in [0.717, 1.165) is 51.9 Å². The van der Waals surface area contributed by atoms with Crippen molar-refractivity contribution in [1.82, 2.24) is 4.90 Å². The second-order valence-corrected chi connectivity index (χ2v) is 9.32. The van der Waals surface area contributed by atoms with Crippen molar-refractivity contribution in [3.05, 3.63) is 89.9 Å². The van der Waals surface area contributed by atoms with Gasteiger partial charge in [-0.2, -0.15) is 0 Å². The Kier molecular flexibility index (Phi) is 6.99. The lowest BCUT2D eigenvalue weighted by atomic mass is 9.96. The van der Waals surface area contributed by atoms with Gasteiger partial charge in [0, 0.05) is 60.0 Å². The van der Waals surface area contributed by atoms with Gasteiger partial charge >= 0.3 is 0 Å². The number of hydrogen-bond donors (Lipinski definition) is 0. The molecule has 1 aliphatic rings. The third-order valence-electron chi connectivity index (χ3n) is 6.97. The van der Waals surface area contributed by atoms with Crippen molar-refractivity contribution in [2.75, 3.05) is 37.7 Å². The van der Waals surface area contributed by atoms with Gasteiger partial charge in [0.15, 0.2) is 0 Å². The Labute approximate surface area is 216 Å². The maximum Gasteiger partial charge on any atom is 0.246 e. The van der Waals surface area contributed by atoms with Crippen LogP contribution in [0.15, 0.2) is 77.4 Å². The van der Waals surface area contributed by atoms with Crippen molar-refractivity contribution in [2.24, 2.45) is 0 Å². The maximum atomic E-state index is 13.5. The summed E-state index contributed by atoms with van der Waals surface area (Å²) < 4.78 is 25.5. The van der Waals surface area contributed by atoms with E-state index in [0.29, 0.717) is 25.4 Å². The third-order valence-corrected chi connectivity index (χ3v) is 6.97. The minimum Gasteiger partial charge on any atom is -0.493 e. The Hall–Kier alpha value is -4.06. The van der Waals surface area contributed by atoms with E-state index in [9.17, 15) is 9.18 Å². The van der Waals surface area contributed by atoms with E-state index in [-0.39, 0.29) is 11.7 Å². The zero-order chi connectivity index (χ0) is 25.9. The molecule has 1 aliphatic heterocycles. The molecular weight excluding hydrogens is 467 g/mol. The molecule has 1 amide bonds. The zero-order valence-electron chi connectivity index (χ0n) is 21.5. The van der Waals surface area contributed by atoms with Crippen LogP contribution < -0.4 is 9.64 Å². The van der Waals surface area contributed by atoms with Crippen LogP contribution in [-0.2, 0) is 4.79 Å². The Morgan fingerprint density at radius 2 is 1.76 bits per heavy atom. The Balaban J connectivity index is 1.44. The van der Waals surface area contributed by atoms with Crippen molar-refractivity contribution in [3.8, 4) is 16.9 Å². The molecule has 5 nitrogen and oxygen atoms in total. The van der Waals surface area contributed by atoms with Gasteiger partial charge in [-0.05, 0) is 62.2 Å². The summed E-state index contributed by atoms with van der Waals surface area (Å²) in [7, 11) is 0. The number of hydrogen-bond acceptors (Lipinski definition) is 4. The number of anilines is 1. The molecule has 37 heavy (non-hydrogen) atoms. The van der Waals surface area contributed by atoms with Crippen LogP contribution in [0.1, 0.15) is 25.0 Å². The molecule has 1 aromatic heterocycles. The summed E-state index contributed by atoms with van der Waals surface area (Å²) >= 11 is 0. The van der Waals surface area contributed by atoms with Gasteiger partial charge in [0.05, 0.1) is 12.9 Å². The summed E-state index contributed by atoms with van der Waals surface area (Å²) in [5.74, 6) is 0.427. The first kappa shape index (κ1) is 24.6. The van der Waals surface area contributed by atoms with Crippen molar-refractivity contribution in [1.29, 1.82) is 0 Å². The lowest BCUT2D eigenvalue weighted by Gasteiger charge is -2.35. The highest BCUT2D eigenvalue weighted by atomic mass is 19.1. The van der Waals surface area contributed by atoms with E-state index >= 15 is 0 Å². The molecule has 0 bridgehead atoms. The number of furan rings is 1. The van der Waals surface area contributed by atoms with Crippen LogP contribution in [0.3, 0.4) is 0 Å². The number of aryl methyl sites for hydroxylation is 1. The number of ether oxygens (including phenoxy) is 1. The number of carbonyl (C=O) groups excluding carboxylic acids is 1. The Morgan fingerprint density at radius 3 is 2.43 bits per heavy atom. The largest absolute Gasteiger partial charge is 0.493 e. The Bertz CT molecular complexity index is 1430. The topological polar surface area (TPSA) is 45.9 Å².